The van der Waals surface area contributed by atoms with E-state index in [-0.39, 0.29) is 5.91 Å². The van der Waals surface area contributed by atoms with Crippen molar-refractivity contribution in [2.24, 2.45) is 5.73 Å². The van der Waals surface area contributed by atoms with Gasteiger partial charge in [0.05, 0.1) is 19.3 Å². The summed E-state index contributed by atoms with van der Waals surface area (Å²) in [6.45, 7) is 6.80. The molecule has 1 saturated heterocycles. The maximum Gasteiger partial charge on any atom is 0.236 e. The Kier molecular flexibility index (Phi) is 10.3. The molecule has 0 radical (unpaired) electrons. The largest absolute Gasteiger partial charge is 0.379 e. The Bertz CT molecular complexity index is 948. The molecule has 0 spiro atoms. The van der Waals surface area contributed by atoms with Crippen molar-refractivity contribution < 1.29 is 9.53 Å². The molecule has 36 heavy (non-hydrogen) atoms. The van der Waals surface area contributed by atoms with Crippen LogP contribution in [-0.4, -0.2) is 72.8 Å². The number of ether oxygens (including phenoxy) is 1. The lowest BCUT2D eigenvalue weighted by molar-refractivity contribution is -0.122. The third kappa shape index (κ3) is 8.15. The summed E-state index contributed by atoms with van der Waals surface area (Å²) in [5, 5.41) is 9.85. The number of carbonyl (C=O) groups excluding carboxylic acids is 1. The van der Waals surface area contributed by atoms with Gasteiger partial charge in [0, 0.05) is 51.0 Å². The zero-order valence-corrected chi connectivity index (χ0v) is 21.3. The minimum Gasteiger partial charge on any atom is -0.379 e. The van der Waals surface area contributed by atoms with E-state index in [4.69, 9.17) is 15.5 Å². The summed E-state index contributed by atoms with van der Waals surface area (Å²) < 4.78 is 5.46. The van der Waals surface area contributed by atoms with Gasteiger partial charge in [-0.05, 0) is 43.2 Å². The van der Waals surface area contributed by atoms with Gasteiger partial charge in [-0.15, -0.1) is 0 Å². The second-order valence-corrected chi connectivity index (χ2v) is 9.70. The SMILES string of the molecule is N[C@H]1CCCCNc2nc(ncc2-c2ccc(CN3CCOCC3)cc2)NCCCCCCNC1=O. The summed E-state index contributed by atoms with van der Waals surface area (Å²) in [6, 6.07) is 8.26. The predicted molar refractivity (Wildman–Crippen MR) is 144 cm³/mol. The lowest BCUT2D eigenvalue weighted by Gasteiger charge is -2.26. The third-order valence-corrected chi connectivity index (χ3v) is 6.82. The van der Waals surface area contributed by atoms with Gasteiger partial charge in [0.1, 0.15) is 5.82 Å². The van der Waals surface area contributed by atoms with Crippen LogP contribution in [0.4, 0.5) is 11.8 Å². The fourth-order valence-corrected chi connectivity index (χ4v) is 4.59. The molecule has 2 aliphatic heterocycles. The maximum absolute atomic E-state index is 12.2. The Labute approximate surface area is 214 Å². The van der Waals surface area contributed by atoms with Crippen LogP contribution < -0.4 is 21.7 Å². The number of morpholine rings is 1. The Morgan fingerprint density at radius 1 is 0.917 bits per heavy atom. The highest BCUT2D eigenvalue weighted by Crippen LogP contribution is 2.27. The standard InChI is InChI=1S/C27H41N7O2/c28-24-7-3-6-12-29-25-23(22-10-8-21(9-11-22)20-34-15-17-36-18-16-34)19-32-27(33-25)31-14-5-2-1-4-13-30-26(24)35/h8-11,19,24H,1-7,12-18,20,28H2,(H,30,35)(H2,29,31,32,33)/t24-/m0/s1. The van der Waals surface area contributed by atoms with E-state index < -0.39 is 6.04 Å². The summed E-state index contributed by atoms with van der Waals surface area (Å²) in [5.74, 6) is 1.45. The lowest BCUT2D eigenvalue weighted by Crippen LogP contribution is -2.40. The first-order valence-corrected chi connectivity index (χ1v) is 13.5. The van der Waals surface area contributed by atoms with Crippen LogP contribution in [0.1, 0.15) is 50.5 Å². The van der Waals surface area contributed by atoms with Gasteiger partial charge in [-0.2, -0.15) is 4.98 Å². The zero-order chi connectivity index (χ0) is 25.0. The smallest absolute Gasteiger partial charge is 0.236 e. The van der Waals surface area contributed by atoms with Gasteiger partial charge < -0.3 is 26.4 Å². The maximum atomic E-state index is 12.2. The Hall–Kier alpha value is -2.75. The van der Waals surface area contributed by atoms with Gasteiger partial charge in [-0.25, -0.2) is 4.98 Å². The van der Waals surface area contributed by atoms with E-state index in [9.17, 15) is 4.79 Å². The van der Waals surface area contributed by atoms with Crippen molar-refractivity contribution in [2.45, 2.75) is 57.5 Å². The summed E-state index contributed by atoms with van der Waals surface area (Å²) >= 11 is 0. The van der Waals surface area contributed by atoms with Crippen LogP contribution in [-0.2, 0) is 16.1 Å². The molecule has 4 rings (SSSR count). The highest BCUT2D eigenvalue weighted by Gasteiger charge is 2.14. The number of fused-ring (bicyclic) bond motifs is 2. The molecule has 2 bridgehead atoms. The van der Waals surface area contributed by atoms with Crippen LogP contribution in [0.5, 0.6) is 0 Å². The molecule has 1 atom stereocenters. The van der Waals surface area contributed by atoms with Crippen LogP contribution in [0, 0.1) is 0 Å². The van der Waals surface area contributed by atoms with E-state index in [0.717, 1.165) is 101 Å². The molecule has 196 valence electrons. The molecule has 5 N–H and O–H groups in total. The normalized spacial score (nSPS) is 21.4. The molecular weight excluding hydrogens is 454 g/mol. The number of nitrogens with zero attached hydrogens (tertiary/aromatic N) is 3. The van der Waals surface area contributed by atoms with Gasteiger partial charge in [-0.3, -0.25) is 9.69 Å². The molecule has 0 aliphatic carbocycles. The van der Waals surface area contributed by atoms with E-state index in [1.807, 2.05) is 6.20 Å². The van der Waals surface area contributed by atoms with Crippen molar-refractivity contribution in [3.05, 3.63) is 36.0 Å². The average Bonchev–Trinajstić information content (AvgIpc) is 2.90. The highest BCUT2D eigenvalue weighted by molar-refractivity contribution is 5.81. The minimum atomic E-state index is -0.440. The number of hydrogen-bond acceptors (Lipinski definition) is 8. The van der Waals surface area contributed by atoms with E-state index in [1.165, 1.54) is 5.56 Å². The number of amides is 1. The summed E-state index contributed by atoms with van der Waals surface area (Å²) in [6.07, 6.45) is 8.55. The van der Waals surface area contributed by atoms with Crippen molar-refractivity contribution in [3.8, 4) is 11.1 Å². The second kappa shape index (κ2) is 14.1. The summed E-state index contributed by atoms with van der Waals surface area (Å²) in [7, 11) is 0. The molecule has 9 heteroatoms. The molecule has 1 aromatic heterocycles. The number of nitrogens with two attached hydrogens (primary N) is 1. The Morgan fingerprint density at radius 3 is 2.39 bits per heavy atom. The molecule has 1 aromatic carbocycles. The molecule has 0 unspecified atom stereocenters. The van der Waals surface area contributed by atoms with Crippen LogP contribution in [0.3, 0.4) is 0 Å². The van der Waals surface area contributed by atoms with Crippen LogP contribution in [0.25, 0.3) is 11.1 Å². The molecular formula is C27H41N7O2. The molecule has 3 heterocycles. The first-order chi connectivity index (χ1) is 17.7. The Balaban J connectivity index is 1.43. The topological polar surface area (TPSA) is 117 Å². The highest BCUT2D eigenvalue weighted by atomic mass is 16.5. The first-order valence-electron chi connectivity index (χ1n) is 13.5. The molecule has 9 nitrogen and oxygen atoms in total. The first kappa shape index (κ1) is 26.3. The number of benzene rings is 1. The van der Waals surface area contributed by atoms with Gasteiger partial charge >= 0.3 is 0 Å². The monoisotopic (exact) mass is 495 g/mol. The van der Waals surface area contributed by atoms with Crippen molar-refractivity contribution in [2.75, 3.05) is 56.6 Å². The fourth-order valence-electron chi connectivity index (χ4n) is 4.59. The van der Waals surface area contributed by atoms with E-state index >= 15 is 0 Å². The molecule has 0 saturated carbocycles. The van der Waals surface area contributed by atoms with Crippen LogP contribution >= 0.6 is 0 Å². The van der Waals surface area contributed by atoms with Gasteiger partial charge in [-0.1, -0.05) is 37.1 Å². The lowest BCUT2D eigenvalue weighted by atomic mass is 10.1. The number of hydrogen-bond donors (Lipinski definition) is 4. The number of aromatic nitrogens is 2. The minimum absolute atomic E-state index is 0.0365. The van der Waals surface area contributed by atoms with Gasteiger partial charge in [0.15, 0.2) is 0 Å². The van der Waals surface area contributed by atoms with Crippen molar-refractivity contribution in [1.29, 1.82) is 0 Å². The van der Waals surface area contributed by atoms with Gasteiger partial charge in [0.25, 0.3) is 0 Å². The van der Waals surface area contributed by atoms with E-state index in [2.05, 4.69) is 50.1 Å². The Morgan fingerprint density at radius 2 is 1.61 bits per heavy atom. The van der Waals surface area contributed by atoms with Crippen molar-refractivity contribution in [1.82, 2.24) is 20.2 Å². The molecule has 1 amide bonds. The summed E-state index contributed by atoms with van der Waals surface area (Å²) in [4.78, 5) is 24.0. The second-order valence-electron chi connectivity index (χ2n) is 9.70. The zero-order valence-electron chi connectivity index (χ0n) is 21.3. The number of carbonyl (C=O) groups is 1. The molecule has 2 aliphatic rings. The van der Waals surface area contributed by atoms with Crippen molar-refractivity contribution in [3.63, 3.8) is 0 Å². The van der Waals surface area contributed by atoms with E-state index in [1.54, 1.807) is 0 Å². The predicted octanol–water partition coefficient (Wildman–Crippen LogP) is 2.99. The van der Waals surface area contributed by atoms with E-state index in [0.29, 0.717) is 18.9 Å². The summed E-state index contributed by atoms with van der Waals surface area (Å²) in [5.41, 5.74) is 9.46. The van der Waals surface area contributed by atoms with Crippen LogP contribution in [0.2, 0.25) is 0 Å². The molecule has 1 fully saturated rings. The number of rotatable bonds is 3. The third-order valence-electron chi connectivity index (χ3n) is 6.82. The fraction of sp³-hybridized carbons (Fsp3) is 0.593. The molecule has 2 aromatic rings. The average molecular weight is 496 g/mol. The van der Waals surface area contributed by atoms with Crippen LogP contribution in [0.15, 0.2) is 30.5 Å². The quantitative estimate of drug-likeness (QED) is 0.513. The number of nitrogens with one attached hydrogen (secondary N) is 3. The van der Waals surface area contributed by atoms with Crippen molar-refractivity contribution >= 4 is 17.7 Å². The number of anilines is 2. The van der Waals surface area contributed by atoms with Gasteiger partial charge in [0.2, 0.25) is 11.9 Å².